The molecule has 1 rings (SSSR count). The summed E-state index contributed by atoms with van der Waals surface area (Å²) in [4.78, 5) is 0. The summed E-state index contributed by atoms with van der Waals surface area (Å²) in [5.74, 6) is 0. The SMILES string of the molecule is CCCCCC1C=CSS1. The van der Waals surface area contributed by atoms with Gasteiger partial charge < -0.3 is 0 Å². The zero-order valence-electron chi connectivity index (χ0n) is 6.38. The van der Waals surface area contributed by atoms with E-state index < -0.39 is 0 Å². The van der Waals surface area contributed by atoms with Crippen LogP contribution in [0, 0.1) is 0 Å². The fraction of sp³-hybridized carbons (Fsp3) is 0.750. The standard InChI is InChI=1S/C8H14S2/c1-2-3-4-5-8-6-7-9-10-8/h6-8H,2-5H2,1H3. The maximum absolute atomic E-state index is 2.32. The first kappa shape index (κ1) is 8.54. The lowest BCUT2D eigenvalue weighted by atomic mass is 10.1. The van der Waals surface area contributed by atoms with Gasteiger partial charge in [0, 0.05) is 5.25 Å². The molecular formula is C8H14S2. The molecule has 0 bridgehead atoms. The molecule has 1 unspecified atom stereocenters. The third-order valence-electron chi connectivity index (χ3n) is 1.62. The predicted molar refractivity (Wildman–Crippen MR) is 52.3 cm³/mol. The van der Waals surface area contributed by atoms with E-state index in [1.165, 1.54) is 25.7 Å². The van der Waals surface area contributed by atoms with Crippen LogP contribution in [-0.2, 0) is 0 Å². The maximum Gasteiger partial charge on any atom is 0.0342 e. The van der Waals surface area contributed by atoms with Crippen molar-refractivity contribution < 1.29 is 0 Å². The van der Waals surface area contributed by atoms with Gasteiger partial charge in [0.25, 0.3) is 0 Å². The van der Waals surface area contributed by atoms with Crippen LogP contribution in [0.1, 0.15) is 32.6 Å². The van der Waals surface area contributed by atoms with Crippen molar-refractivity contribution in [3.8, 4) is 0 Å². The summed E-state index contributed by atoms with van der Waals surface area (Å²) < 4.78 is 0. The van der Waals surface area contributed by atoms with E-state index in [1.54, 1.807) is 0 Å². The molecule has 0 fully saturated rings. The van der Waals surface area contributed by atoms with E-state index in [1.807, 2.05) is 21.6 Å². The van der Waals surface area contributed by atoms with Crippen LogP contribution in [0.3, 0.4) is 0 Å². The molecular weight excluding hydrogens is 160 g/mol. The Balaban J connectivity index is 1.97. The first-order valence-electron chi connectivity index (χ1n) is 3.92. The molecule has 10 heavy (non-hydrogen) atoms. The summed E-state index contributed by atoms with van der Waals surface area (Å²) in [7, 11) is 3.87. The molecule has 0 radical (unpaired) electrons. The second-order valence-corrected chi connectivity index (χ2v) is 4.97. The van der Waals surface area contributed by atoms with Crippen LogP contribution in [0.4, 0.5) is 0 Å². The van der Waals surface area contributed by atoms with Crippen molar-refractivity contribution in [2.24, 2.45) is 0 Å². The minimum atomic E-state index is 0.816. The van der Waals surface area contributed by atoms with Crippen LogP contribution < -0.4 is 0 Å². The van der Waals surface area contributed by atoms with Crippen molar-refractivity contribution in [3.05, 3.63) is 11.5 Å². The Hall–Kier alpha value is 0.440. The van der Waals surface area contributed by atoms with Crippen LogP contribution in [0.15, 0.2) is 11.5 Å². The monoisotopic (exact) mass is 174 g/mol. The first-order chi connectivity index (χ1) is 4.93. The topological polar surface area (TPSA) is 0 Å². The first-order valence-corrected chi connectivity index (χ1v) is 6.20. The van der Waals surface area contributed by atoms with Gasteiger partial charge in [0.15, 0.2) is 0 Å². The van der Waals surface area contributed by atoms with Crippen molar-refractivity contribution in [1.29, 1.82) is 0 Å². The Labute approximate surface area is 71.2 Å². The molecule has 0 aromatic rings. The second kappa shape index (κ2) is 5.14. The highest BCUT2D eigenvalue weighted by atomic mass is 33.1. The van der Waals surface area contributed by atoms with Gasteiger partial charge in [-0.3, -0.25) is 0 Å². The zero-order valence-corrected chi connectivity index (χ0v) is 8.01. The largest absolute Gasteiger partial charge is 0.0819 e. The van der Waals surface area contributed by atoms with E-state index in [2.05, 4.69) is 18.4 Å². The molecule has 0 saturated carbocycles. The second-order valence-electron chi connectivity index (χ2n) is 2.56. The van der Waals surface area contributed by atoms with Crippen LogP contribution >= 0.6 is 21.6 Å². The van der Waals surface area contributed by atoms with Crippen LogP contribution in [0.2, 0.25) is 0 Å². The van der Waals surface area contributed by atoms with Gasteiger partial charge in [-0.05, 0) is 11.8 Å². The average Bonchev–Trinajstić information content (AvgIpc) is 2.41. The molecule has 0 spiro atoms. The van der Waals surface area contributed by atoms with Crippen LogP contribution in [0.25, 0.3) is 0 Å². The predicted octanol–water partition coefficient (Wildman–Crippen LogP) is 3.84. The maximum atomic E-state index is 2.32. The van der Waals surface area contributed by atoms with E-state index in [0.717, 1.165) is 5.25 Å². The Morgan fingerprint density at radius 3 is 2.90 bits per heavy atom. The molecule has 0 aliphatic carbocycles. The Kier molecular flexibility index (Phi) is 4.39. The van der Waals surface area contributed by atoms with E-state index in [0.29, 0.717) is 0 Å². The average molecular weight is 174 g/mol. The zero-order chi connectivity index (χ0) is 7.23. The fourth-order valence-corrected chi connectivity index (χ4v) is 3.26. The lowest BCUT2D eigenvalue weighted by molar-refractivity contribution is 0.682. The minimum absolute atomic E-state index is 0.816. The van der Waals surface area contributed by atoms with Crippen molar-refractivity contribution in [1.82, 2.24) is 0 Å². The summed E-state index contributed by atoms with van der Waals surface area (Å²) in [6.07, 6.45) is 7.84. The fourth-order valence-electron chi connectivity index (χ4n) is 0.995. The minimum Gasteiger partial charge on any atom is -0.0819 e. The Morgan fingerprint density at radius 2 is 2.30 bits per heavy atom. The summed E-state index contributed by atoms with van der Waals surface area (Å²) in [6, 6.07) is 0. The highest BCUT2D eigenvalue weighted by molar-refractivity contribution is 8.78. The van der Waals surface area contributed by atoms with Gasteiger partial charge in [-0.25, -0.2) is 0 Å². The molecule has 58 valence electrons. The quantitative estimate of drug-likeness (QED) is 0.469. The summed E-state index contributed by atoms with van der Waals surface area (Å²) in [5, 5.41) is 3.03. The molecule has 0 nitrogen and oxygen atoms in total. The van der Waals surface area contributed by atoms with E-state index in [9.17, 15) is 0 Å². The third-order valence-corrected chi connectivity index (χ3v) is 4.05. The van der Waals surface area contributed by atoms with Gasteiger partial charge >= 0.3 is 0 Å². The lowest BCUT2D eigenvalue weighted by Gasteiger charge is -2.03. The van der Waals surface area contributed by atoms with Gasteiger partial charge in [0.05, 0.1) is 0 Å². The van der Waals surface area contributed by atoms with Crippen molar-refractivity contribution in [2.45, 2.75) is 37.9 Å². The Morgan fingerprint density at radius 1 is 1.40 bits per heavy atom. The number of unbranched alkanes of at least 4 members (excludes halogenated alkanes) is 2. The van der Waals surface area contributed by atoms with Gasteiger partial charge in [0.2, 0.25) is 0 Å². The summed E-state index contributed by atoms with van der Waals surface area (Å²) in [5.41, 5.74) is 0. The van der Waals surface area contributed by atoms with Gasteiger partial charge in [-0.15, -0.1) is 0 Å². The summed E-state index contributed by atoms with van der Waals surface area (Å²) in [6.45, 7) is 2.26. The molecule has 2 heteroatoms. The highest BCUT2D eigenvalue weighted by Gasteiger charge is 2.08. The molecule has 0 saturated heterocycles. The van der Waals surface area contributed by atoms with E-state index in [-0.39, 0.29) is 0 Å². The molecule has 1 aliphatic heterocycles. The smallest absolute Gasteiger partial charge is 0.0342 e. The number of hydrogen-bond acceptors (Lipinski definition) is 2. The molecule has 1 heterocycles. The number of rotatable bonds is 4. The molecule has 0 aromatic heterocycles. The van der Waals surface area contributed by atoms with Crippen molar-refractivity contribution in [2.75, 3.05) is 0 Å². The normalized spacial score (nSPS) is 23.9. The third kappa shape index (κ3) is 3.02. The van der Waals surface area contributed by atoms with Gasteiger partial charge in [-0.1, -0.05) is 53.9 Å². The molecule has 0 amide bonds. The molecule has 1 atom stereocenters. The molecule has 0 N–H and O–H groups in total. The van der Waals surface area contributed by atoms with Crippen LogP contribution in [-0.4, -0.2) is 5.25 Å². The van der Waals surface area contributed by atoms with Gasteiger partial charge in [-0.2, -0.15) is 0 Å². The van der Waals surface area contributed by atoms with E-state index >= 15 is 0 Å². The van der Waals surface area contributed by atoms with E-state index in [4.69, 9.17) is 0 Å². The van der Waals surface area contributed by atoms with Crippen molar-refractivity contribution in [3.63, 3.8) is 0 Å². The Bertz CT molecular complexity index is 110. The highest BCUT2D eigenvalue weighted by Crippen LogP contribution is 2.37. The lowest BCUT2D eigenvalue weighted by Crippen LogP contribution is -1.92. The summed E-state index contributed by atoms with van der Waals surface area (Å²) >= 11 is 0. The number of hydrogen-bond donors (Lipinski definition) is 0. The molecule has 1 aliphatic rings. The molecule has 0 aromatic carbocycles. The van der Waals surface area contributed by atoms with Crippen LogP contribution in [0.5, 0.6) is 0 Å². The van der Waals surface area contributed by atoms with Gasteiger partial charge in [0.1, 0.15) is 0 Å². The van der Waals surface area contributed by atoms with Crippen molar-refractivity contribution >= 4 is 21.6 Å².